The standard InChI is InChI=1S/C13H13FO3/c1-8-7-13(14)10(16-8)11(13)17-12(15)9-5-3-2-4-6-9/h2-6,8,10-11H,7H2,1H3/t8?,10-,11?,13+/m1/s1. The molecule has 0 amide bonds. The van der Waals surface area contributed by atoms with Crippen LogP contribution in [0.1, 0.15) is 23.7 Å². The predicted molar refractivity (Wildman–Crippen MR) is 58.4 cm³/mol. The Balaban J connectivity index is 1.66. The molecule has 1 aliphatic heterocycles. The molecule has 1 aliphatic carbocycles. The number of benzene rings is 1. The maximum absolute atomic E-state index is 14.1. The maximum Gasteiger partial charge on any atom is 0.338 e. The predicted octanol–water partition coefficient (Wildman–Crippen LogP) is 2.11. The van der Waals surface area contributed by atoms with Gasteiger partial charge in [-0.05, 0) is 19.1 Å². The van der Waals surface area contributed by atoms with Crippen LogP contribution in [0.3, 0.4) is 0 Å². The number of alkyl halides is 1. The van der Waals surface area contributed by atoms with Crippen molar-refractivity contribution < 1.29 is 18.7 Å². The van der Waals surface area contributed by atoms with E-state index in [4.69, 9.17) is 9.47 Å². The topological polar surface area (TPSA) is 35.5 Å². The van der Waals surface area contributed by atoms with E-state index < -0.39 is 23.8 Å². The smallest absolute Gasteiger partial charge is 0.338 e. The van der Waals surface area contributed by atoms with E-state index in [-0.39, 0.29) is 6.10 Å². The third-order valence-corrected chi connectivity index (χ3v) is 3.33. The zero-order valence-corrected chi connectivity index (χ0v) is 9.43. The molecule has 0 spiro atoms. The van der Waals surface area contributed by atoms with Gasteiger partial charge in [0.2, 0.25) is 0 Å². The molecule has 90 valence electrons. The number of hydrogen-bond donors (Lipinski definition) is 0. The first-order chi connectivity index (χ1) is 8.11. The van der Waals surface area contributed by atoms with Crippen molar-refractivity contribution in [1.82, 2.24) is 0 Å². The van der Waals surface area contributed by atoms with Gasteiger partial charge in [0.15, 0.2) is 11.8 Å². The van der Waals surface area contributed by atoms with E-state index >= 15 is 0 Å². The number of fused-ring (bicyclic) bond motifs is 1. The fourth-order valence-electron chi connectivity index (χ4n) is 2.42. The van der Waals surface area contributed by atoms with Crippen molar-refractivity contribution in [3.63, 3.8) is 0 Å². The van der Waals surface area contributed by atoms with E-state index in [2.05, 4.69) is 0 Å². The van der Waals surface area contributed by atoms with Gasteiger partial charge in [0.05, 0.1) is 11.7 Å². The second kappa shape index (κ2) is 3.53. The van der Waals surface area contributed by atoms with Crippen molar-refractivity contribution in [2.75, 3.05) is 0 Å². The van der Waals surface area contributed by atoms with E-state index in [0.717, 1.165) is 0 Å². The largest absolute Gasteiger partial charge is 0.452 e. The lowest BCUT2D eigenvalue weighted by Crippen LogP contribution is -2.20. The van der Waals surface area contributed by atoms with Gasteiger partial charge in [0.1, 0.15) is 6.10 Å². The molecule has 1 aromatic carbocycles. The van der Waals surface area contributed by atoms with E-state index in [9.17, 15) is 9.18 Å². The summed E-state index contributed by atoms with van der Waals surface area (Å²) in [6, 6.07) is 8.59. The highest BCUT2D eigenvalue weighted by Gasteiger charge is 2.75. The molecule has 1 heterocycles. The summed E-state index contributed by atoms with van der Waals surface area (Å²) in [7, 11) is 0. The summed E-state index contributed by atoms with van der Waals surface area (Å²) >= 11 is 0. The van der Waals surface area contributed by atoms with Gasteiger partial charge in [-0.1, -0.05) is 18.2 Å². The highest BCUT2D eigenvalue weighted by Crippen LogP contribution is 2.55. The van der Waals surface area contributed by atoms with Crippen LogP contribution in [0.25, 0.3) is 0 Å². The van der Waals surface area contributed by atoms with E-state index in [1.807, 2.05) is 13.0 Å². The first kappa shape index (κ1) is 10.7. The molecule has 17 heavy (non-hydrogen) atoms. The summed E-state index contributed by atoms with van der Waals surface area (Å²) in [6.45, 7) is 1.82. The van der Waals surface area contributed by atoms with Crippen molar-refractivity contribution in [1.29, 1.82) is 0 Å². The first-order valence-electron chi connectivity index (χ1n) is 5.71. The average Bonchev–Trinajstić information content (AvgIpc) is 2.68. The third kappa shape index (κ3) is 1.63. The van der Waals surface area contributed by atoms with Gasteiger partial charge >= 0.3 is 5.97 Å². The van der Waals surface area contributed by atoms with Crippen LogP contribution in [-0.2, 0) is 9.47 Å². The molecule has 0 radical (unpaired) electrons. The molecule has 0 bridgehead atoms. The average molecular weight is 236 g/mol. The lowest BCUT2D eigenvalue weighted by molar-refractivity contribution is 0.00647. The van der Waals surface area contributed by atoms with Gasteiger partial charge in [0, 0.05) is 6.42 Å². The van der Waals surface area contributed by atoms with E-state index in [1.54, 1.807) is 24.3 Å². The number of carbonyl (C=O) groups is 1. The van der Waals surface area contributed by atoms with Crippen LogP contribution in [-0.4, -0.2) is 29.9 Å². The molecular weight excluding hydrogens is 223 g/mol. The number of carbonyl (C=O) groups excluding carboxylic acids is 1. The summed E-state index contributed by atoms with van der Waals surface area (Å²) in [6.07, 6.45) is -1.07. The molecule has 3 nitrogen and oxygen atoms in total. The second-order valence-electron chi connectivity index (χ2n) is 4.69. The SMILES string of the molecule is CC1C[C@@]2(F)C(OC(=O)c3ccccc3)[C@H]2O1. The van der Waals surface area contributed by atoms with Gasteiger partial charge in [-0.2, -0.15) is 0 Å². The summed E-state index contributed by atoms with van der Waals surface area (Å²) in [5.41, 5.74) is -1.02. The maximum atomic E-state index is 14.1. The minimum absolute atomic E-state index is 0.0864. The van der Waals surface area contributed by atoms with Crippen molar-refractivity contribution in [2.24, 2.45) is 0 Å². The Morgan fingerprint density at radius 3 is 2.76 bits per heavy atom. The minimum atomic E-state index is -1.45. The number of ether oxygens (including phenoxy) is 2. The van der Waals surface area contributed by atoms with Crippen LogP contribution in [0.4, 0.5) is 4.39 Å². The first-order valence-corrected chi connectivity index (χ1v) is 5.71. The zero-order chi connectivity index (χ0) is 12.0. The normalized spacial score (nSPS) is 38.6. The van der Waals surface area contributed by atoms with Crippen molar-refractivity contribution >= 4 is 5.97 Å². The summed E-state index contributed by atoms with van der Waals surface area (Å²) in [5, 5.41) is 0. The Morgan fingerprint density at radius 2 is 2.18 bits per heavy atom. The second-order valence-corrected chi connectivity index (χ2v) is 4.69. The summed E-state index contributed by atoms with van der Waals surface area (Å²) in [5.74, 6) is -0.488. The van der Waals surface area contributed by atoms with E-state index in [1.165, 1.54) is 0 Å². The number of halogens is 1. The molecule has 4 heteroatoms. The van der Waals surface area contributed by atoms with Gasteiger partial charge < -0.3 is 9.47 Å². The monoisotopic (exact) mass is 236 g/mol. The van der Waals surface area contributed by atoms with Gasteiger partial charge in [0.25, 0.3) is 0 Å². The highest BCUT2D eigenvalue weighted by molar-refractivity contribution is 5.89. The van der Waals surface area contributed by atoms with Crippen LogP contribution < -0.4 is 0 Å². The lowest BCUT2D eigenvalue weighted by Gasteiger charge is -2.11. The Bertz CT molecular complexity index is 447. The minimum Gasteiger partial charge on any atom is -0.452 e. The van der Waals surface area contributed by atoms with Gasteiger partial charge in [-0.15, -0.1) is 0 Å². The van der Waals surface area contributed by atoms with Gasteiger partial charge in [-0.3, -0.25) is 0 Å². The summed E-state index contributed by atoms with van der Waals surface area (Å²) in [4.78, 5) is 11.7. The lowest BCUT2D eigenvalue weighted by atomic mass is 10.2. The molecule has 2 fully saturated rings. The molecule has 1 saturated carbocycles. The molecule has 2 unspecified atom stereocenters. The highest BCUT2D eigenvalue weighted by atomic mass is 19.1. The molecule has 1 saturated heterocycles. The number of rotatable bonds is 2. The van der Waals surface area contributed by atoms with Crippen molar-refractivity contribution in [2.45, 2.75) is 37.3 Å². The van der Waals surface area contributed by atoms with Crippen LogP contribution in [0.15, 0.2) is 30.3 Å². The Kier molecular flexibility index (Phi) is 2.23. The number of hydrogen-bond acceptors (Lipinski definition) is 3. The van der Waals surface area contributed by atoms with Crippen molar-refractivity contribution in [3.05, 3.63) is 35.9 Å². The van der Waals surface area contributed by atoms with Crippen molar-refractivity contribution in [3.8, 4) is 0 Å². The van der Waals surface area contributed by atoms with Crippen LogP contribution in [0, 0.1) is 0 Å². The fraction of sp³-hybridized carbons (Fsp3) is 0.462. The Morgan fingerprint density at radius 1 is 1.47 bits per heavy atom. The van der Waals surface area contributed by atoms with E-state index in [0.29, 0.717) is 12.0 Å². The fourth-order valence-corrected chi connectivity index (χ4v) is 2.42. The number of esters is 1. The molecular formula is C13H13FO3. The molecule has 3 rings (SSSR count). The van der Waals surface area contributed by atoms with Crippen LogP contribution in [0.2, 0.25) is 0 Å². The zero-order valence-electron chi connectivity index (χ0n) is 9.43. The van der Waals surface area contributed by atoms with Crippen LogP contribution in [0.5, 0.6) is 0 Å². The third-order valence-electron chi connectivity index (χ3n) is 3.33. The summed E-state index contributed by atoms with van der Waals surface area (Å²) < 4.78 is 24.5. The Labute approximate surface area is 98.5 Å². The Hall–Kier alpha value is -1.42. The molecule has 1 aromatic rings. The molecule has 4 atom stereocenters. The van der Waals surface area contributed by atoms with Gasteiger partial charge in [-0.25, -0.2) is 9.18 Å². The quantitative estimate of drug-likeness (QED) is 0.738. The van der Waals surface area contributed by atoms with Crippen LogP contribution >= 0.6 is 0 Å². The molecule has 0 aromatic heterocycles. The molecule has 2 aliphatic rings. The molecule has 0 N–H and O–H groups in total.